The first-order valence-corrected chi connectivity index (χ1v) is 2.61. The van der Waals surface area contributed by atoms with E-state index in [1.54, 1.807) is 0 Å². The van der Waals surface area contributed by atoms with Crippen molar-refractivity contribution in [3.05, 3.63) is 11.1 Å². The van der Waals surface area contributed by atoms with Gasteiger partial charge < -0.3 is 5.11 Å². The zero-order valence-corrected chi connectivity index (χ0v) is 4.70. The van der Waals surface area contributed by atoms with Crippen LogP contribution in [-0.4, -0.2) is 23.8 Å². The molecular formula is C6H6O3. The third kappa shape index (κ3) is 1.05. The van der Waals surface area contributed by atoms with Crippen LogP contribution in [0.2, 0.25) is 0 Å². The summed E-state index contributed by atoms with van der Waals surface area (Å²) in [6.45, 7) is 0. The summed E-state index contributed by atoms with van der Waals surface area (Å²) < 4.78 is 0. The Hall–Kier alpha value is -0.960. The average molecular weight is 126 g/mol. The topological polar surface area (TPSA) is 54.4 Å². The fourth-order valence-corrected chi connectivity index (χ4v) is 0.639. The monoisotopic (exact) mass is 126 g/mol. The predicted octanol–water partition coefficient (Wildman–Crippen LogP) is -0.555. The van der Waals surface area contributed by atoms with Crippen LogP contribution < -0.4 is 0 Å². The molecule has 0 aliphatic heterocycles. The Balaban J connectivity index is 2.77. The molecule has 1 aliphatic rings. The molecule has 0 amide bonds. The van der Waals surface area contributed by atoms with Gasteiger partial charge in [0.15, 0.2) is 12.6 Å². The SMILES string of the molecule is O=CC(C=O)=C1CC1O. The summed E-state index contributed by atoms with van der Waals surface area (Å²) in [4.78, 5) is 19.9. The van der Waals surface area contributed by atoms with E-state index in [2.05, 4.69) is 0 Å². The van der Waals surface area contributed by atoms with Crippen LogP contribution in [0.4, 0.5) is 0 Å². The zero-order chi connectivity index (χ0) is 6.85. The minimum absolute atomic E-state index is 0.0995. The van der Waals surface area contributed by atoms with Gasteiger partial charge in [0.2, 0.25) is 0 Å². The molecule has 1 atom stereocenters. The fraction of sp³-hybridized carbons (Fsp3) is 0.333. The Labute approximate surface area is 52.0 Å². The van der Waals surface area contributed by atoms with Crippen LogP contribution >= 0.6 is 0 Å². The van der Waals surface area contributed by atoms with Gasteiger partial charge in [-0.3, -0.25) is 9.59 Å². The van der Waals surface area contributed by atoms with Crippen molar-refractivity contribution in [1.29, 1.82) is 0 Å². The molecule has 1 fully saturated rings. The molecule has 0 aromatic carbocycles. The number of carbonyl (C=O) groups is 2. The van der Waals surface area contributed by atoms with Crippen molar-refractivity contribution >= 4 is 12.6 Å². The second-order valence-corrected chi connectivity index (χ2v) is 1.94. The third-order valence-corrected chi connectivity index (χ3v) is 1.28. The molecular weight excluding hydrogens is 120 g/mol. The molecule has 0 heterocycles. The first kappa shape index (κ1) is 6.16. The van der Waals surface area contributed by atoms with Crippen LogP contribution in [0.5, 0.6) is 0 Å². The van der Waals surface area contributed by atoms with E-state index in [0.717, 1.165) is 0 Å². The number of hydrogen-bond donors (Lipinski definition) is 1. The van der Waals surface area contributed by atoms with Gasteiger partial charge in [-0.25, -0.2) is 0 Å². The van der Waals surface area contributed by atoms with Crippen molar-refractivity contribution in [2.24, 2.45) is 0 Å². The molecule has 48 valence electrons. The summed E-state index contributed by atoms with van der Waals surface area (Å²) in [7, 11) is 0. The number of hydrogen-bond acceptors (Lipinski definition) is 3. The molecule has 0 aromatic rings. The molecule has 1 rings (SSSR count). The van der Waals surface area contributed by atoms with E-state index in [1.807, 2.05) is 0 Å². The molecule has 1 N–H and O–H groups in total. The van der Waals surface area contributed by atoms with Crippen molar-refractivity contribution in [2.75, 3.05) is 0 Å². The van der Waals surface area contributed by atoms with E-state index in [9.17, 15) is 9.59 Å². The molecule has 0 spiro atoms. The molecule has 0 aromatic heterocycles. The van der Waals surface area contributed by atoms with Crippen LogP contribution in [0.15, 0.2) is 11.1 Å². The number of allylic oxidation sites excluding steroid dienone is 1. The molecule has 3 nitrogen and oxygen atoms in total. The quantitative estimate of drug-likeness (QED) is 0.233. The Morgan fingerprint density at radius 1 is 1.56 bits per heavy atom. The van der Waals surface area contributed by atoms with Gasteiger partial charge in [0, 0.05) is 6.42 Å². The van der Waals surface area contributed by atoms with Gasteiger partial charge in [0.25, 0.3) is 0 Å². The first-order valence-electron chi connectivity index (χ1n) is 2.61. The van der Waals surface area contributed by atoms with Crippen molar-refractivity contribution in [2.45, 2.75) is 12.5 Å². The van der Waals surface area contributed by atoms with Crippen LogP contribution in [0, 0.1) is 0 Å². The van der Waals surface area contributed by atoms with E-state index in [4.69, 9.17) is 5.11 Å². The smallest absolute Gasteiger partial charge is 0.153 e. The Bertz CT molecular complexity index is 171. The van der Waals surface area contributed by atoms with Crippen LogP contribution in [0.3, 0.4) is 0 Å². The lowest BCUT2D eigenvalue weighted by molar-refractivity contribution is -0.109. The molecule has 9 heavy (non-hydrogen) atoms. The summed E-state index contributed by atoms with van der Waals surface area (Å²) in [6, 6.07) is 0. The molecule has 1 aliphatic carbocycles. The highest BCUT2D eigenvalue weighted by molar-refractivity contribution is 6.01. The lowest BCUT2D eigenvalue weighted by atomic mass is 10.3. The summed E-state index contributed by atoms with van der Waals surface area (Å²) in [6.07, 6.45) is 0.889. The standard InChI is InChI=1S/C6H6O3/c7-2-4(3-8)5-1-6(5)9/h2-3,6,9H,1H2. The molecule has 0 saturated heterocycles. The highest BCUT2D eigenvalue weighted by Crippen LogP contribution is 2.30. The third-order valence-electron chi connectivity index (χ3n) is 1.28. The van der Waals surface area contributed by atoms with E-state index in [1.165, 1.54) is 0 Å². The Morgan fingerprint density at radius 3 is 2.11 bits per heavy atom. The lowest BCUT2D eigenvalue weighted by Crippen LogP contribution is -1.87. The van der Waals surface area contributed by atoms with E-state index in [-0.39, 0.29) is 5.57 Å². The molecule has 0 radical (unpaired) electrons. The van der Waals surface area contributed by atoms with E-state index < -0.39 is 6.10 Å². The van der Waals surface area contributed by atoms with Crippen molar-refractivity contribution in [3.63, 3.8) is 0 Å². The van der Waals surface area contributed by atoms with Gasteiger partial charge in [-0.2, -0.15) is 0 Å². The van der Waals surface area contributed by atoms with Gasteiger partial charge in [-0.1, -0.05) is 0 Å². The summed E-state index contributed by atoms with van der Waals surface area (Å²) >= 11 is 0. The predicted molar refractivity (Wildman–Crippen MR) is 29.8 cm³/mol. The number of rotatable bonds is 2. The van der Waals surface area contributed by atoms with Gasteiger partial charge >= 0.3 is 0 Å². The zero-order valence-electron chi connectivity index (χ0n) is 4.70. The number of aldehydes is 2. The highest BCUT2D eigenvalue weighted by Gasteiger charge is 2.30. The van der Waals surface area contributed by atoms with Crippen LogP contribution in [0.25, 0.3) is 0 Å². The highest BCUT2D eigenvalue weighted by atomic mass is 16.3. The van der Waals surface area contributed by atoms with Gasteiger partial charge in [-0.05, 0) is 5.57 Å². The first-order chi connectivity index (χ1) is 4.29. The second-order valence-electron chi connectivity index (χ2n) is 1.94. The molecule has 0 bridgehead atoms. The molecule has 1 unspecified atom stereocenters. The van der Waals surface area contributed by atoms with Crippen molar-refractivity contribution in [1.82, 2.24) is 0 Å². The normalized spacial score (nSPS) is 23.2. The maximum absolute atomic E-state index is 9.96. The molecule has 1 saturated carbocycles. The van der Waals surface area contributed by atoms with E-state index >= 15 is 0 Å². The minimum Gasteiger partial charge on any atom is -0.388 e. The summed E-state index contributed by atoms with van der Waals surface area (Å²) in [5.74, 6) is 0. The minimum atomic E-state index is -0.532. The number of aliphatic hydroxyl groups is 1. The fourth-order valence-electron chi connectivity index (χ4n) is 0.639. The Kier molecular flexibility index (Phi) is 1.44. The average Bonchev–Trinajstić information content (AvgIpc) is 2.51. The lowest BCUT2D eigenvalue weighted by Gasteiger charge is -1.78. The van der Waals surface area contributed by atoms with Gasteiger partial charge in [0.05, 0.1) is 11.7 Å². The number of aliphatic hydroxyl groups excluding tert-OH is 1. The van der Waals surface area contributed by atoms with Crippen molar-refractivity contribution in [3.8, 4) is 0 Å². The second kappa shape index (κ2) is 2.11. The van der Waals surface area contributed by atoms with Crippen molar-refractivity contribution < 1.29 is 14.7 Å². The van der Waals surface area contributed by atoms with Gasteiger partial charge in [0.1, 0.15) is 0 Å². The molecule has 3 heteroatoms. The van der Waals surface area contributed by atoms with E-state index in [0.29, 0.717) is 24.6 Å². The van der Waals surface area contributed by atoms with Crippen LogP contribution in [0.1, 0.15) is 6.42 Å². The van der Waals surface area contributed by atoms with Gasteiger partial charge in [-0.15, -0.1) is 0 Å². The summed E-state index contributed by atoms with van der Waals surface area (Å²) in [5.41, 5.74) is 0.669. The maximum atomic E-state index is 9.96. The summed E-state index contributed by atoms with van der Waals surface area (Å²) in [5, 5.41) is 8.68. The Morgan fingerprint density at radius 2 is 2.00 bits per heavy atom. The maximum Gasteiger partial charge on any atom is 0.153 e. The largest absolute Gasteiger partial charge is 0.388 e. The van der Waals surface area contributed by atoms with Crippen LogP contribution in [-0.2, 0) is 9.59 Å². The number of carbonyl (C=O) groups excluding carboxylic acids is 2.